The minimum atomic E-state index is -0.544. The monoisotopic (exact) mass is 243 g/mol. The van der Waals surface area contributed by atoms with Crippen LogP contribution in [0.3, 0.4) is 0 Å². The first-order valence-electron chi connectivity index (χ1n) is 5.50. The van der Waals surface area contributed by atoms with E-state index < -0.39 is 6.09 Å². The molecule has 18 heavy (non-hydrogen) atoms. The highest BCUT2D eigenvalue weighted by Gasteiger charge is 2.04. The van der Waals surface area contributed by atoms with E-state index in [1.807, 2.05) is 37.3 Å². The number of carbonyl (C=O) groups is 1. The van der Waals surface area contributed by atoms with Gasteiger partial charge in [0, 0.05) is 0 Å². The van der Waals surface area contributed by atoms with E-state index in [1.54, 1.807) is 6.20 Å². The van der Waals surface area contributed by atoms with Crippen LogP contribution < -0.4 is 5.32 Å². The maximum absolute atomic E-state index is 11.5. The first kappa shape index (κ1) is 12.0. The molecule has 0 aliphatic heterocycles. The molecule has 1 heterocycles. The first-order chi connectivity index (χ1) is 8.74. The Morgan fingerprint density at radius 1 is 1.22 bits per heavy atom. The Hall–Kier alpha value is -2.43. The summed E-state index contributed by atoms with van der Waals surface area (Å²) < 4.78 is 5.04. The second kappa shape index (κ2) is 5.77. The summed E-state index contributed by atoms with van der Waals surface area (Å²) in [6.07, 6.45) is 2.52. The van der Waals surface area contributed by atoms with Gasteiger partial charge in [-0.15, -0.1) is 0 Å². The molecule has 0 aliphatic carbocycles. The van der Waals surface area contributed by atoms with Crippen molar-refractivity contribution >= 4 is 11.9 Å². The molecule has 5 nitrogen and oxygen atoms in total. The first-order valence-corrected chi connectivity index (χ1v) is 5.50. The molecular weight excluding hydrogens is 230 g/mol. The summed E-state index contributed by atoms with van der Waals surface area (Å²) >= 11 is 0. The van der Waals surface area contributed by atoms with Crippen molar-refractivity contribution in [3.8, 4) is 0 Å². The molecule has 2 aromatic rings. The van der Waals surface area contributed by atoms with Gasteiger partial charge in [0.1, 0.15) is 6.61 Å². The smallest absolute Gasteiger partial charge is 0.413 e. The second-order valence-electron chi connectivity index (χ2n) is 3.73. The van der Waals surface area contributed by atoms with Crippen molar-refractivity contribution in [2.24, 2.45) is 0 Å². The van der Waals surface area contributed by atoms with Gasteiger partial charge in [0.2, 0.25) is 0 Å². The minimum Gasteiger partial charge on any atom is -0.444 e. The molecule has 0 spiro atoms. The topological polar surface area (TPSA) is 64.1 Å². The summed E-state index contributed by atoms with van der Waals surface area (Å²) in [7, 11) is 0. The molecule has 0 atom stereocenters. The number of amides is 1. The normalized spacial score (nSPS) is 9.83. The van der Waals surface area contributed by atoms with Crippen LogP contribution in [0.15, 0.2) is 42.7 Å². The van der Waals surface area contributed by atoms with E-state index in [9.17, 15) is 4.79 Å². The molecule has 92 valence electrons. The van der Waals surface area contributed by atoms with Crippen LogP contribution in [0, 0.1) is 6.92 Å². The Morgan fingerprint density at radius 3 is 2.67 bits per heavy atom. The highest BCUT2D eigenvalue weighted by Crippen LogP contribution is 2.04. The number of anilines is 1. The summed E-state index contributed by atoms with van der Waals surface area (Å²) in [4.78, 5) is 19.5. The van der Waals surface area contributed by atoms with Crippen LogP contribution in [0.5, 0.6) is 0 Å². The van der Waals surface area contributed by atoms with E-state index in [0.717, 1.165) is 11.3 Å². The molecule has 0 saturated heterocycles. The zero-order chi connectivity index (χ0) is 12.8. The third kappa shape index (κ3) is 3.55. The van der Waals surface area contributed by atoms with Crippen molar-refractivity contribution in [1.29, 1.82) is 0 Å². The van der Waals surface area contributed by atoms with Gasteiger partial charge in [-0.25, -0.2) is 9.78 Å². The van der Waals surface area contributed by atoms with Crippen molar-refractivity contribution in [2.45, 2.75) is 13.5 Å². The van der Waals surface area contributed by atoms with Crippen molar-refractivity contribution < 1.29 is 9.53 Å². The van der Waals surface area contributed by atoms with Gasteiger partial charge in [0.25, 0.3) is 0 Å². The van der Waals surface area contributed by atoms with Crippen LogP contribution in [0.4, 0.5) is 10.6 Å². The zero-order valence-electron chi connectivity index (χ0n) is 9.96. The van der Waals surface area contributed by atoms with Gasteiger partial charge in [-0.3, -0.25) is 10.3 Å². The molecule has 1 amide bonds. The van der Waals surface area contributed by atoms with E-state index in [4.69, 9.17) is 4.74 Å². The van der Waals surface area contributed by atoms with E-state index in [0.29, 0.717) is 5.82 Å². The predicted molar refractivity (Wildman–Crippen MR) is 67.0 cm³/mol. The lowest BCUT2D eigenvalue weighted by Gasteiger charge is -2.06. The molecular formula is C13H13N3O2. The van der Waals surface area contributed by atoms with E-state index in [1.165, 1.54) is 6.20 Å². The molecule has 1 aromatic heterocycles. The second-order valence-corrected chi connectivity index (χ2v) is 3.73. The number of hydrogen-bond acceptors (Lipinski definition) is 4. The lowest BCUT2D eigenvalue weighted by Crippen LogP contribution is -2.14. The van der Waals surface area contributed by atoms with Crippen LogP contribution in [0.25, 0.3) is 0 Å². The molecule has 2 rings (SSSR count). The highest BCUT2D eigenvalue weighted by atomic mass is 16.5. The number of hydrogen-bond donors (Lipinski definition) is 1. The van der Waals surface area contributed by atoms with Gasteiger partial charge in [0.15, 0.2) is 5.82 Å². The van der Waals surface area contributed by atoms with Crippen LogP contribution in [0.1, 0.15) is 11.3 Å². The Labute approximate surface area is 105 Å². The van der Waals surface area contributed by atoms with Crippen molar-refractivity contribution in [2.75, 3.05) is 5.32 Å². The van der Waals surface area contributed by atoms with Crippen LogP contribution >= 0.6 is 0 Å². The lowest BCUT2D eigenvalue weighted by atomic mass is 10.2. The number of carbonyl (C=O) groups excluding carboxylic acids is 1. The Bertz CT molecular complexity index is 512. The molecule has 0 aliphatic rings. The summed E-state index contributed by atoms with van der Waals surface area (Å²) in [6, 6.07) is 9.47. The fraction of sp³-hybridized carbons (Fsp3) is 0.154. The lowest BCUT2D eigenvalue weighted by molar-refractivity contribution is 0.155. The maximum atomic E-state index is 11.5. The molecule has 0 unspecified atom stereocenters. The molecule has 0 fully saturated rings. The third-order valence-corrected chi connectivity index (χ3v) is 2.22. The van der Waals surface area contributed by atoms with Gasteiger partial charge in [-0.2, -0.15) is 0 Å². The molecule has 0 saturated carbocycles. The van der Waals surface area contributed by atoms with Crippen LogP contribution in [0.2, 0.25) is 0 Å². The average Bonchev–Trinajstić information content (AvgIpc) is 2.40. The van der Waals surface area contributed by atoms with Gasteiger partial charge >= 0.3 is 6.09 Å². The molecule has 1 aromatic carbocycles. The van der Waals surface area contributed by atoms with E-state index in [2.05, 4.69) is 15.3 Å². The summed E-state index contributed by atoms with van der Waals surface area (Å²) in [6.45, 7) is 2.05. The largest absolute Gasteiger partial charge is 0.444 e. The number of ether oxygens (including phenoxy) is 1. The molecule has 0 radical (unpaired) electrons. The molecule has 5 heteroatoms. The fourth-order valence-corrected chi connectivity index (χ4v) is 1.32. The number of benzene rings is 1. The summed E-state index contributed by atoms with van der Waals surface area (Å²) in [5, 5.41) is 2.50. The van der Waals surface area contributed by atoms with Gasteiger partial charge in [0.05, 0.1) is 18.1 Å². The number of rotatable bonds is 3. The Morgan fingerprint density at radius 2 is 2.00 bits per heavy atom. The molecule has 0 bridgehead atoms. The average molecular weight is 243 g/mol. The summed E-state index contributed by atoms with van der Waals surface area (Å²) in [5.41, 5.74) is 1.72. The Balaban J connectivity index is 1.84. The minimum absolute atomic E-state index is 0.228. The van der Waals surface area contributed by atoms with Crippen LogP contribution in [-0.2, 0) is 11.3 Å². The maximum Gasteiger partial charge on any atom is 0.413 e. The predicted octanol–water partition coefficient (Wildman–Crippen LogP) is 2.53. The highest BCUT2D eigenvalue weighted by molar-refractivity contribution is 5.82. The number of aromatic nitrogens is 2. The van der Waals surface area contributed by atoms with E-state index in [-0.39, 0.29) is 6.61 Å². The molecule has 1 N–H and O–H groups in total. The quantitative estimate of drug-likeness (QED) is 0.899. The van der Waals surface area contributed by atoms with Crippen LogP contribution in [-0.4, -0.2) is 16.1 Å². The van der Waals surface area contributed by atoms with Crippen molar-refractivity contribution in [3.05, 3.63) is 54.0 Å². The summed E-state index contributed by atoms with van der Waals surface area (Å²) in [5.74, 6) is 0.374. The number of nitrogens with one attached hydrogen (secondary N) is 1. The third-order valence-electron chi connectivity index (χ3n) is 2.22. The van der Waals surface area contributed by atoms with Gasteiger partial charge < -0.3 is 4.74 Å². The number of nitrogens with zero attached hydrogens (tertiary/aromatic N) is 2. The SMILES string of the molecule is Cc1cnc(NC(=O)OCc2ccccc2)cn1. The standard InChI is InChI=1S/C13H13N3O2/c1-10-7-15-12(8-14-10)16-13(17)18-9-11-5-3-2-4-6-11/h2-8H,9H2,1H3,(H,15,16,17). The van der Waals surface area contributed by atoms with Crippen molar-refractivity contribution in [1.82, 2.24) is 9.97 Å². The number of aryl methyl sites for hydroxylation is 1. The fourth-order valence-electron chi connectivity index (χ4n) is 1.32. The van der Waals surface area contributed by atoms with Gasteiger partial charge in [-0.1, -0.05) is 30.3 Å². The van der Waals surface area contributed by atoms with Crippen molar-refractivity contribution in [3.63, 3.8) is 0 Å². The van der Waals surface area contributed by atoms with E-state index >= 15 is 0 Å². The zero-order valence-corrected chi connectivity index (χ0v) is 9.96. The van der Waals surface area contributed by atoms with Gasteiger partial charge in [-0.05, 0) is 12.5 Å². The Kier molecular flexibility index (Phi) is 3.86.